The van der Waals surface area contributed by atoms with E-state index >= 15 is 0 Å². The van der Waals surface area contributed by atoms with Gasteiger partial charge < -0.3 is 15.3 Å². The van der Waals surface area contributed by atoms with Crippen LogP contribution in [0.5, 0.6) is 0 Å². The van der Waals surface area contributed by atoms with E-state index in [2.05, 4.69) is 6.92 Å². The lowest BCUT2D eigenvalue weighted by Crippen LogP contribution is -2.17. The molecule has 0 heterocycles. The van der Waals surface area contributed by atoms with Crippen LogP contribution in [0.15, 0.2) is 0 Å². The van der Waals surface area contributed by atoms with E-state index in [1.54, 1.807) is 0 Å². The first kappa shape index (κ1) is 22.4. The molecule has 0 radical (unpaired) electrons. The SMILES string of the molecule is CCCCC[C@H](O)CCC[C@@H](CCCCCCC(=O)O)[C@H](C)O. The summed E-state index contributed by atoms with van der Waals surface area (Å²) in [5.74, 6) is -0.415. The zero-order valence-corrected chi connectivity index (χ0v) is 15.2. The molecule has 0 saturated heterocycles. The molecule has 0 aromatic carbocycles. The maximum atomic E-state index is 10.4. The second-order valence-corrected chi connectivity index (χ2v) is 6.93. The highest BCUT2D eigenvalue weighted by molar-refractivity contribution is 5.66. The van der Waals surface area contributed by atoms with Crippen LogP contribution in [0.25, 0.3) is 0 Å². The largest absolute Gasteiger partial charge is 0.481 e. The summed E-state index contributed by atoms with van der Waals surface area (Å²) in [6.45, 7) is 4.02. The Bertz CT molecular complexity index is 279. The predicted molar refractivity (Wildman–Crippen MR) is 94.5 cm³/mol. The van der Waals surface area contributed by atoms with Gasteiger partial charge in [-0.1, -0.05) is 51.9 Å². The normalized spacial score (nSPS) is 15.3. The Kier molecular flexibility index (Phi) is 14.6. The molecule has 4 heteroatoms. The molecular formula is C19H38O4. The molecule has 0 aromatic heterocycles. The lowest BCUT2D eigenvalue weighted by molar-refractivity contribution is -0.137. The summed E-state index contributed by atoms with van der Waals surface area (Å²) < 4.78 is 0. The van der Waals surface area contributed by atoms with E-state index in [4.69, 9.17) is 5.11 Å². The first-order valence-electron chi connectivity index (χ1n) is 9.55. The van der Waals surface area contributed by atoms with Crippen molar-refractivity contribution >= 4 is 5.97 Å². The molecule has 0 saturated carbocycles. The summed E-state index contributed by atoms with van der Waals surface area (Å²) in [4.78, 5) is 10.4. The van der Waals surface area contributed by atoms with E-state index in [1.165, 1.54) is 12.8 Å². The van der Waals surface area contributed by atoms with Crippen molar-refractivity contribution in [3.63, 3.8) is 0 Å². The highest BCUT2D eigenvalue weighted by atomic mass is 16.4. The van der Waals surface area contributed by atoms with Crippen LogP contribution in [-0.4, -0.2) is 33.5 Å². The predicted octanol–water partition coefficient (Wildman–Crippen LogP) is 4.52. The number of hydrogen-bond acceptors (Lipinski definition) is 3. The van der Waals surface area contributed by atoms with Gasteiger partial charge in [0.25, 0.3) is 0 Å². The Hall–Kier alpha value is -0.610. The average molecular weight is 331 g/mol. The zero-order chi connectivity index (χ0) is 17.5. The molecule has 0 amide bonds. The Morgan fingerprint density at radius 1 is 0.826 bits per heavy atom. The van der Waals surface area contributed by atoms with Crippen molar-refractivity contribution in [3.05, 3.63) is 0 Å². The van der Waals surface area contributed by atoms with Crippen LogP contribution in [0.1, 0.15) is 97.3 Å². The Labute approximate surface area is 142 Å². The van der Waals surface area contributed by atoms with Crippen molar-refractivity contribution in [1.29, 1.82) is 0 Å². The first-order valence-corrected chi connectivity index (χ1v) is 9.55. The molecule has 0 aliphatic rings. The third-order valence-corrected chi connectivity index (χ3v) is 4.65. The number of unbranched alkanes of at least 4 members (excludes halogenated alkanes) is 5. The van der Waals surface area contributed by atoms with E-state index in [9.17, 15) is 15.0 Å². The number of carboxylic acids is 1. The summed E-state index contributed by atoms with van der Waals surface area (Å²) >= 11 is 0. The Morgan fingerprint density at radius 2 is 1.39 bits per heavy atom. The van der Waals surface area contributed by atoms with Gasteiger partial charge in [-0.2, -0.15) is 0 Å². The number of rotatable bonds is 16. The fourth-order valence-corrected chi connectivity index (χ4v) is 3.05. The van der Waals surface area contributed by atoms with Crippen molar-refractivity contribution in [2.24, 2.45) is 5.92 Å². The van der Waals surface area contributed by atoms with Crippen LogP contribution in [0.3, 0.4) is 0 Å². The Balaban J connectivity index is 3.71. The maximum Gasteiger partial charge on any atom is 0.303 e. The van der Waals surface area contributed by atoms with Crippen LogP contribution < -0.4 is 0 Å². The number of aliphatic carboxylic acids is 1. The summed E-state index contributed by atoms with van der Waals surface area (Å²) in [5, 5.41) is 28.4. The van der Waals surface area contributed by atoms with E-state index < -0.39 is 5.97 Å². The van der Waals surface area contributed by atoms with Gasteiger partial charge in [0.05, 0.1) is 12.2 Å². The average Bonchev–Trinajstić information content (AvgIpc) is 2.48. The first-order chi connectivity index (χ1) is 11.0. The van der Waals surface area contributed by atoms with Gasteiger partial charge in [-0.15, -0.1) is 0 Å². The maximum absolute atomic E-state index is 10.4. The monoisotopic (exact) mass is 330 g/mol. The number of aliphatic hydroxyl groups is 2. The van der Waals surface area contributed by atoms with Gasteiger partial charge in [0.15, 0.2) is 0 Å². The van der Waals surface area contributed by atoms with Crippen LogP contribution in [0.4, 0.5) is 0 Å². The lowest BCUT2D eigenvalue weighted by Gasteiger charge is -2.20. The molecular weight excluding hydrogens is 292 g/mol. The Morgan fingerprint density at radius 3 is 2.00 bits per heavy atom. The van der Waals surface area contributed by atoms with Crippen LogP contribution in [-0.2, 0) is 4.79 Å². The van der Waals surface area contributed by atoms with Crippen LogP contribution in [0, 0.1) is 5.92 Å². The fraction of sp³-hybridized carbons (Fsp3) is 0.947. The third kappa shape index (κ3) is 14.7. The molecule has 0 fully saturated rings. The molecule has 0 aromatic rings. The van der Waals surface area contributed by atoms with Crippen molar-refractivity contribution in [1.82, 2.24) is 0 Å². The summed E-state index contributed by atoms with van der Waals surface area (Å²) in [7, 11) is 0. The van der Waals surface area contributed by atoms with Gasteiger partial charge in [0.1, 0.15) is 0 Å². The zero-order valence-electron chi connectivity index (χ0n) is 15.2. The molecule has 0 aliphatic carbocycles. The summed E-state index contributed by atoms with van der Waals surface area (Å²) in [5.41, 5.74) is 0. The van der Waals surface area contributed by atoms with E-state index in [0.717, 1.165) is 64.2 Å². The number of hydrogen-bond donors (Lipinski definition) is 3. The summed E-state index contributed by atoms with van der Waals surface area (Å²) in [6, 6.07) is 0. The molecule has 138 valence electrons. The van der Waals surface area contributed by atoms with Crippen molar-refractivity contribution in [2.75, 3.05) is 0 Å². The minimum absolute atomic E-state index is 0.188. The summed E-state index contributed by atoms with van der Waals surface area (Å²) in [6.07, 6.45) is 11.7. The highest BCUT2D eigenvalue weighted by Crippen LogP contribution is 2.22. The van der Waals surface area contributed by atoms with Crippen molar-refractivity contribution < 1.29 is 20.1 Å². The number of carboxylic acid groups (broad SMARTS) is 1. The van der Waals surface area contributed by atoms with Gasteiger partial charge in [-0.25, -0.2) is 0 Å². The third-order valence-electron chi connectivity index (χ3n) is 4.65. The molecule has 0 rings (SSSR count). The van der Waals surface area contributed by atoms with Gasteiger partial charge in [-0.3, -0.25) is 4.79 Å². The molecule has 0 bridgehead atoms. The highest BCUT2D eigenvalue weighted by Gasteiger charge is 2.15. The van der Waals surface area contributed by atoms with Gasteiger partial charge in [0, 0.05) is 6.42 Å². The van der Waals surface area contributed by atoms with Crippen molar-refractivity contribution in [2.45, 2.75) is 110 Å². The van der Waals surface area contributed by atoms with E-state index in [-0.39, 0.29) is 18.6 Å². The number of carbonyl (C=O) groups is 1. The second-order valence-electron chi connectivity index (χ2n) is 6.93. The van der Waals surface area contributed by atoms with Crippen LogP contribution >= 0.6 is 0 Å². The lowest BCUT2D eigenvalue weighted by atomic mass is 9.90. The molecule has 23 heavy (non-hydrogen) atoms. The van der Waals surface area contributed by atoms with Gasteiger partial charge in [0.2, 0.25) is 0 Å². The van der Waals surface area contributed by atoms with E-state index in [0.29, 0.717) is 5.92 Å². The van der Waals surface area contributed by atoms with Crippen LogP contribution in [0.2, 0.25) is 0 Å². The minimum Gasteiger partial charge on any atom is -0.481 e. The fourth-order valence-electron chi connectivity index (χ4n) is 3.05. The van der Waals surface area contributed by atoms with Gasteiger partial charge in [-0.05, 0) is 44.9 Å². The molecule has 3 atom stereocenters. The second kappa shape index (κ2) is 14.9. The number of aliphatic hydroxyl groups excluding tert-OH is 2. The van der Waals surface area contributed by atoms with Crippen molar-refractivity contribution in [3.8, 4) is 0 Å². The smallest absolute Gasteiger partial charge is 0.303 e. The molecule has 0 aliphatic heterocycles. The molecule has 3 N–H and O–H groups in total. The topological polar surface area (TPSA) is 77.8 Å². The molecule has 4 nitrogen and oxygen atoms in total. The van der Waals surface area contributed by atoms with E-state index in [1.807, 2.05) is 6.92 Å². The minimum atomic E-state index is -0.718. The molecule has 0 unspecified atom stereocenters. The quantitative estimate of drug-likeness (QED) is 0.364. The van der Waals surface area contributed by atoms with Gasteiger partial charge >= 0.3 is 5.97 Å². The molecule has 0 spiro atoms. The standard InChI is InChI=1S/C19H38O4/c1-3-4-7-13-18(21)14-10-12-17(16(2)20)11-8-5-6-9-15-19(22)23/h16-18,20-21H,3-15H2,1-2H3,(H,22,23)/t16-,17+,18-/m0/s1.